The summed E-state index contributed by atoms with van der Waals surface area (Å²) in [5.41, 5.74) is 0. The van der Waals surface area contributed by atoms with Crippen LogP contribution in [0.15, 0.2) is 24.8 Å². The molecule has 2 N–H and O–H groups in total. The Labute approximate surface area is 112 Å². The number of nitrogens with one attached hydrogen (secondary N) is 2. The lowest BCUT2D eigenvalue weighted by Gasteiger charge is -2.17. The molecule has 0 saturated carbocycles. The molecule has 0 spiro atoms. The lowest BCUT2D eigenvalue weighted by molar-refractivity contribution is 0.413. The van der Waals surface area contributed by atoms with E-state index in [1.807, 2.05) is 16.9 Å². The van der Waals surface area contributed by atoms with Crippen LogP contribution in [0, 0.1) is 0 Å². The first-order chi connectivity index (χ1) is 9.24. The summed E-state index contributed by atoms with van der Waals surface area (Å²) in [5.74, 6) is 1.94. The molecule has 2 aromatic heterocycles. The Hall–Kier alpha value is -2.31. The van der Waals surface area contributed by atoms with Gasteiger partial charge in [0.15, 0.2) is 11.6 Å². The monoisotopic (exact) mass is 262 g/mol. The molecule has 19 heavy (non-hydrogen) atoms. The van der Waals surface area contributed by atoms with Gasteiger partial charge in [-0.1, -0.05) is 0 Å². The van der Waals surface area contributed by atoms with Crippen molar-refractivity contribution in [3.8, 4) is 5.75 Å². The van der Waals surface area contributed by atoms with Crippen LogP contribution in [-0.4, -0.2) is 39.9 Å². The van der Waals surface area contributed by atoms with E-state index in [-0.39, 0.29) is 6.04 Å². The topological polar surface area (TPSA) is 76.9 Å². The summed E-state index contributed by atoms with van der Waals surface area (Å²) in [6.07, 6.45) is 5.18. The van der Waals surface area contributed by atoms with Gasteiger partial charge in [0.05, 0.1) is 13.7 Å². The van der Waals surface area contributed by atoms with E-state index in [4.69, 9.17) is 4.74 Å². The molecule has 7 nitrogen and oxygen atoms in total. The van der Waals surface area contributed by atoms with Crippen LogP contribution in [-0.2, 0) is 6.54 Å². The number of hydrogen-bond acceptors (Lipinski definition) is 6. The molecule has 7 heteroatoms. The predicted octanol–water partition coefficient (Wildman–Crippen LogP) is 1.22. The minimum absolute atomic E-state index is 0.161. The van der Waals surface area contributed by atoms with Gasteiger partial charge in [0.25, 0.3) is 0 Å². The largest absolute Gasteiger partial charge is 0.490 e. The van der Waals surface area contributed by atoms with Crippen molar-refractivity contribution in [3.05, 3.63) is 24.8 Å². The summed E-state index contributed by atoms with van der Waals surface area (Å²) in [4.78, 5) is 8.32. The quantitative estimate of drug-likeness (QED) is 0.815. The fourth-order valence-corrected chi connectivity index (χ4v) is 1.82. The number of nitrogens with zero attached hydrogens (tertiary/aromatic N) is 4. The zero-order chi connectivity index (χ0) is 13.7. The van der Waals surface area contributed by atoms with Gasteiger partial charge in [-0.2, -0.15) is 5.10 Å². The van der Waals surface area contributed by atoms with Gasteiger partial charge in [-0.25, -0.2) is 9.97 Å². The van der Waals surface area contributed by atoms with Crippen LogP contribution in [0.3, 0.4) is 0 Å². The van der Waals surface area contributed by atoms with Crippen molar-refractivity contribution in [2.45, 2.75) is 19.5 Å². The van der Waals surface area contributed by atoms with E-state index in [0.717, 1.165) is 6.54 Å². The molecule has 0 saturated heterocycles. The van der Waals surface area contributed by atoms with Crippen molar-refractivity contribution in [1.29, 1.82) is 0 Å². The third-order valence-electron chi connectivity index (χ3n) is 2.65. The number of ether oxygens (including phenoxy) is 1. The smallest absolute Gasteiger partial charge is 0.204 e. The average Bonchev–Trinajstić information content (AvgIpc) is 2.91. The van der Waals surface area contributed by atoms with Gasteiger partial charge >= 0.3 is 0 Å². The summed E-state index contributed by atoms with van der Waals surface area (Å²) in [7, 11) is 3.39. The molecule has 0 amide bonds. The predicted molar refractivity (Wildman–Crippen MR) is 73.4 cm³/mol. The van der Waals surface area contributed by atoms with E-state index in [0.29, 0.717) is 17.4 Å². The third-order valence-corrected chi connectivity index (χ3v) is 2.65. The first-order valence-corrected chi connectivity index (χ1v) is 6.05. The zero-order valence-corrected chi connectivity index (χ0v) is 11.3. The molecular weight excluding hydrogens is 244 g/mol. The first-order valence-electron chi connectivity index (χ1n) is 6.05. The molecule has 1 atom stereocenters. The molecule has 0 aliphatic heterocycles. The van der Waals surface area contributed by atoms with Gasteiger partial charge in [0.1, 0.15) is 6.33 Å². The molecule has 2 rings (SSSR count). The van der Waals surface area contributed by atoms with Gasteiger partial charge in [0, 0.05) is 25.5 Å². The summed E-state index contributed by atoms with van der Waals surface area (Å²) in [6.45, 7) is 2.80. The van der Waals surface area contributed by atoms with Crippen LogP contribution in [0.4, 0.5) is 11.6 Å². The highest BCUT2D eigenvalue weighted by Gasteiger charge is 2.13. The highest BCUT2D eigenvalue weighted by molar-refractivity contribution is 5.63. The van der Waals surface area contributed by atoms with Crippen LogP contribution in [0.1, 0.15) is 6.92 Å². The molecule has 0 bridgehead atoms. The Kier molecular flexibility index (Phi) is 4.17. The lowest BCUT2D eigenvalue weighted by Crippen LogP contribution is -2.23. The minimum atomic E-state index is 0.161. The standard InChI is InChI=1S/C12H18N6O/c1-9(7-18-6-4-5-16-18)17-12-10(19-3)11(13-2)14-8-15-12/h4-6,8-9H,7H2,1-3H3,(H2,13,14,15,17). The van der Waals surface area contributed by atoms with Crippen molar-refractivity contribution in [3.63, 3.8) is 0 Å². The van der Waals surface area contributed by atoms with Crippen molar-refractivity contribution in [1.82, 2.24) is 19.7 Å². The maximum atomic E-state index is 5.33. The molecule has 0 aliphatic rings. The highest BCUT2D eigenvalue weighted by atomic mass is 16.5. The second kappa shape index (κ2) is 6.03. The molecule has 0 aromatic carbocycles. The van der Waals surface area contributed by atoms with E-state index in [1.165, 1.54) is 6.33 Å². The second-order valence-corrected chi connectivity index (χ2v) is 4.13. The maximum absolute atomic E-state index is 5.33. The number of rotatable bonds is 6. The SMILES string of the molecule is CNc1ncnc(NC(C)Cn2cccn2)c1OC. The minimum Gasteiger partial charge on any atom is -0.490 e. The van der Waals surface area contributed by atoms with Crippen LogP contribution in [0.2, 0.25) is 0 Å². The van der Waals surface area contributed by atoms with Gasteiger partial charge in [-0.15, -0.1) is 0 Å². The van der Waals surface area contributed by atoms with E-state index in [2.05, 4.69) is 32.6 Å². The summed E-state index contributed by atoms with van der Waals surface area (Å²) < 4.78 is 7.20. The second-order valence-electron chi connectivity index (χ2n) is 4.13. The summed E-state index contributed by atoms with van der Waals surface area (Å²) in [5, 5.41) is 10.4. The fraction of sp³-hybridized carbons (Fsp3) is 0.417. The van der Waals surface area contributed by atoms with E-state index in [9.17, 15) is 0 Å². The van der Waals surface area contributed by atoms with E-state index in [1.54, 1.807) is 20.4 Å². The Morgan fingerprint density at radius 3 is 2.79 bits per heavy atom. The molecular formula is C12H18N6O. The molecule has 102 valence electrons. The van der Waals surface area contributed by atoms with Crippen molar-refractivity contribution < 1.29 is 4.74 Å². The van der Waals surface area contributed by atoms with Crippen LogP contribution >= 0.6 is 0 Å². The number of hydrogen-bond donors (Lipinski definition) is 2. The Morgan fingerprint density at radius 2 is 2.16 bits per heavy atom. The van der Waals surface area contributed by atoms with Gasteiger partial charge in [-0.3, -0.25) is 4.68 Å². The molecule has 0 fully saturated rings. The summed E-state index contributed by atoms with van der Waals surface area (Å²) >= 11 is 0. The summed E-state index contributed by atoms with van der Waals surface area (Å²) in [6, 6.07) is 2.06. The van der Waals surface area contributed by atoms with Gasteiger partial charge in [-0.05, 0) is 13.0 Å². The van der Waals surface area contributed by atoms with E-state index < -0.39 is 0 Å². The van der Waals surface area contributed by atoms with Crippen molar-refractivity contribution in [2.75, 3.05) is 24.8 Å². The van der Waals surface area contributed by atoms with Crippen LogP contribution < -0.4 is 15.4 Å². The number of anilines is 2. The molecule has 0 radical (unpaired) electrons. The van der Waals surface area contributed by atoms with Gasteiger partial charge < -0.3 is 15.4 Å². The van der Waals surface area contributed by atoms with Crippen LogP contribution in [0.25, 0.3) is 0 Å². The fourth-order valence-electron chi connectivity index (χ4n) is 1.82. The van der Waals surface area contributed by atoms with Crippen LogP contribution in [0.5, 0.6) is 5.75 Å². The van der Waals surface area contributed by atoms with Gasteiger partial charge in [0.2, 0.25) is 5.75 Å². The first kappa shape index (κ1) is 13.1. The third kappa shape index (κ3) is 3.12. The Balaban J connectivity index is 2.09. The molecule has 2 aromatic rings. The Bertz CT molecular complexity index is 513. The molecule has 1 unspecified atom stereocenters. The maximum Gasteiger partial charge on any atom is 0.204 e. The van der Waals surface area contributed by atoms with E-state index >= 15 is 0 Å². The highest BCUT2D eigenvalue weighted by Crippen LogP contribution is 2.28. The van der Waals surface area contributed by atoms with Crippen molar-refractivity contribution in [2.24, 2.45) is 0 Å². The normalized spacial score (nSPS) is 11.9. The lowest BCUT2D eigenvalue weighted by atomic mass is 10.3. The van der Waals surface area contributed by atoms with Crippen molar-refractivity contribution >= 4 is 11.6 Å². The number of aromatic nitrogens is 4. The zero-order valence-electron chi connectivity index (χ0n) is 11.3. The number of methoxy groups -OCH3 is 1. The average molecular weight is 262 g/mol. The molecule has 0 aliphatic carbocycles. The molecule has 2 heterocycles. The Morgan fingerprint density at radius 1 is 1.37 bits per heavy atom.